The zero-order chi connectivity index (χ0) is 21.5. The van der Waals surface area contributed by atoms with Crippen molar-refractivity contribution >= 4 is 5.91 Å². The van der Waals surface area contributed by atoms with Gasteiger partial charge in [-0.3, -0.25) is 14.7 Å². The molecule has 1 aromatic carbocycles. The number of amides is 1. The third-order valence-corrected chi connectivity index (χ3v) is 6.42. The van der Waals surface area contributed by atoms with Gasteiger partial charge in [0.25, 0.3) is 5.91 Å². The lowest BCUT2D eigenvalue weighted by molar-refractivity contribution is -0.00676. The SMILES string of the molecule is CO[C@@H]1CCN2C[C@@H]1CCCCN(Cc1ccccn1)CCOc1cccc(c1)C2=O. The van der Waals surface area contributed by atoms with Crippen LogP contribution >= 0.6 is 0 Å². The van der Waals surface area contributed by atoms with Gasteiger partial charge in [-0.25, -0.2) is 0 Å². The zero-order valence-electron chi connectivity index (χ0n) is 18.4. The number of piperidine rings is 1. The quantitative estimate of drug-likeness (QED) is 0.755. The summed E-state index contributed by atoms with van der Waals surface area (Å²) in [5.74, 6) is 1.23. The zero-order valence-corrected chi connectivity index (χ0v) is 18.4. The summed E-state index contributed by atoms with van der Waals surface area (Å²) in [5, 5.41) is 0. The van der Waals surface area contributed by atoms with Gasteiger partial charge in [0.1, 0.15) is 12.4 Å². The molecule has 2 atom stereocenters. The minimum absolute atomic E-state index is 0.0941. The first kappa shape index (κ1) is 21.8. The molecule has 1 aromatic heterocycles. The van der Waals surface area contributed by atoms with Crippen LogP contribution in [0, 0.1) is 5.92 Å². The van der Waals surface area contributed by atoms with Crippen molar-refractivity contribution in [3.05, 3.63) is 59.9 Å². The van der Waals surface area contributed by atoms with Gasteiger partial charge in [0.05, 0.1) is 11.8 Å². The summed E-state index contributed by atoms with van der Waals surface area (Å²) in [6.45, 7) is 4.75. The van der Waals surface area contributed by atoms with Crippen molar-refractivity contribution in [1.82, 2.24) is 14.8 Å². The molecular formula is C25H33N3O3. The number of fused-ring (bicyclic) bond motifs is 4. The second kappa shape index (κ2) is 10.7. The number of hydrogen-bond donors (Lipinski definition) is 0. The number of rotatable bonds is 3. The summed E-state index contributed by atoms with van der Waals surface area (Å²) < 4.78 is 11.8. The Morgan fingerprint density at radius 2 is 2.03 bits per heavy atom. The highest BCUT2D eigenvalue weighted by molar-refractivity contribution is 5.94. The second-order valence-electron chi connectivity index (χ2n) is 8.54. The molecule has 3 heterocycles. The molecular weight excluding hydrogens is 390 g/mol. The van der Waals surface area contributed by atoms with E-state index in [1.165, 1.54) is 0 Å². The maximum atomic E-state index is 13.1. The Hall–Kier alpha value is -2.44. The Morgan fingerprint density at radius 3 is 2.87 bits per heavy atom. The van der Waals surface area contributed by atoms with Crippen LogP contribution < -0.4 is 4.74 Å². The number of pyridine rings is 1. The average Bonchev–Trinajstić information content (AvgIpc) is 2.81. The van der Waals surface area contributed by atoms with Gasteiger partial charge in [0.15, 0.2) is 0 Å². The van der Waals surface area contributed by atoms with E-state index in [9.17, 15) is 4.79 Å². The van der Waals surface area contributed by atoms with E-state index in [-0.39, 0.29) is 12.0 Å². The van der Waals surface area contributed by atoms with E-state index in [0.29, 0.717) is 18.1 Å². The van der Waals surface area contributed by atoms with Crippen molar-refractivity contribution in [3.8, 4) is 5.75 Å². The molecule has 0 saturated carbocycles. The lowest BCUT2D eigenvalue weighted by Gasteiger charge is -2.38. The molecule has 1 amide bonds. The number of carbonyl (C=O) groups excluding carboxylic acids is 1. The third-order valence-electron chi connectivity index (χ3n) is 6.42. The Labute approximate surface area is 185 Å². The number of benzene rings is 1. The maximum absolute atomic E-state index is 13.1. The lowest BCUT2D eigenvalue weighted by atomic mass is 9.89. The van der Waals surface area contributed by atoms with Gasteiger partial charge in [0.2, 0.25) is 0 Å². The monoisotopic (exact) mass is 423 g/mol. The standard InChI is InChI=1S/C25H33N3O3/c1-30-24-11-14-28-18-21(24)7-3-5-13-27(19-22-9-2-4-12-26-22)15-16-31-23-10-6-8-20(17-23)25(28)29/h2,4,6,8-10,12,17,21,24H,3,5,7,11,13-16,18-19H2,1H3/t21-,24+/m0/s1. The van der Waals surface area contributed by atoms with Gasteiger partial charge in [-0.15, -0.1) is 0 Å². The first-order valence-electron chi connectivity index (χ1n) is 11.4. The van der Waals surface area contributed by atoms with Crippen molar-refractivity contribution in [2.45, 2.75) is 38.3 Å². The van der Waals surface area contributed by atoms with Gasteiger partial charge in [-0.2, -0.15) is 0 Å². The van der Waals surface area contributed by atoms with E-state index in [1.807, 2.05) is 47.5 Å². The number of carbonyl (C=O) groups is 1. The number of aromatic nitrogens is 1. The van der Waals surface area contributed by atoms with E-state index >= 15 is 0 Å². The molecule has 0 unspecified atom stereocenters. The molecule has 2 aliphatic heterocycles. The Morgan fingerprint density at radius 1 is 1.10 bits per heavy atom. The topological polar surface area (TPSA) is 54.9 Å². The van der Waals surface area contributed by atoms with E-state index < -0.39 is 0 Å². The minimum Gasteiger partial charge on any atom is -0.492 e. The van der Waals surface area contributed by atoms with Crippen molar-refractivity contribution < 1.29 is 14.3 Å². The van der Waals surface area contributed by atoms with Crippen molar-refractivity contribution in [2.24, 2.45) is 5.92 Å². The number of ether oxygens (including phenoxy) is 2. The van der Waals surface area contributed by atoms with Gasteiger partial charge in [-0.1, -0.05) is 18.6 Å². The highest BCUT2D eigenvalue weighted by Gasteiger charge is 2.31. The number of hydrogen-bond acceptors (Lipinski definition) is 5. The van der Waals surface area contributed by atoms with Crippen LogP contribution in [0.4, 0.5) is 0 Å². The molecule has 31 heavy (non-hydrogen) atoms. The summed E-state index contributed by atoms with van der Waals surface area (Å²) >= 11 is 0. The smallest absolute Gasteiger partial charge is 0.254 e. The lowest BCUT2D eigenvalue weighted by Crippen LogP contribution is -2.46. The highest BCUT2D eigenvalue weighted by atomic mass is 16.5. The molecule has 6 heteroatoms. The van der Waals surface area contributed by atoms with Crippen LogP contribution in [0.25, 0.3) is 0 Å². The Kier molecular flexibility index (Phi) is 7.54. The summed E-state index contributed by atoms with van der Waals surface area (Å²) in [6.07, 6.45) is 6.30. The first-order chi connectivity index (χ1) is 15.2. The van der Waals surface area contributed by atoms with Gasteiger partial charge < -0.3 is 14.4 Å². The molecule has 4 bridgehead atoms. The second-order valence-corrected chi connectivity index (χ2v) is 8.54. The Bertz CT molecular complexity index is 845. The summed E-state index contributed by atoms with van der Waals surface area (Å²) in [5.41, 5.74) is 1.78. The van der Waals surface area contributed by atoms with E-state index in [2.05, 4.69) is 16.0 Å². The van der Waals surface area contributed by atoms with Crippen molar-refractivity contribution in [1.29, 1.82) is 0 Å². The minimum atomic E-state index is 0.0941. The van der Waals surface area contributed by atoms with Crippen LogP contribution in [-0.2, 0) is 11.3 Å². The third kappa shape index (κ3) is 5.83. The van der Waals surface area contributed by atoms with Crippen LogP contribution in [0.15, 0.2) is 48.7 Å². The molecule has 6 nitrogen and oxygen atoms in total. The predicted molar refractivity (Wildman–Crippen MR) is 120 cm³/mol. The fourth-order valence-corrected chi connectivity index (χ4v) is 4.71. The number of methoxy groups -OCH3 is 1. The van der Waals surface area contributed by atoms with E-state index in [1.54, 1.807) is 7.11 Å². The van der Waals surface area contributed by atoms with Crippen LogP contribution in [-0.4, -0.2) is 66.7 Å². The van der Waals surface area contributed by atoms with Crippen LogP contribution in [0.1, 0.15) is 41.7 Å². The fraction of sp³-hybridized carbons (Fsp3) is 0.520. The average molecular weight is 424 g/mol. The van der Waals surface area contributed by atoms with Gasteiger partial charge in [-0.05, 0) is 56.1 Å². The summed E-state index contributed by atoms with van der Waals surface area (Å²) in [7, 11) is 1.80. The Balaban J connectivity index is 1.50. The molecule has 1 saturated heterocycles. The predicted octanol–water partition coefficient (Wildman–Crippen LogP) is 3.62. The summed E-state index contributed by atoms with van der Waals surface area (Å²) in [6, 6.07) is 13.7. The van der Waals surface area contributed by atoms with Crippen molar-refractivity contribution in [3.63, 3.8) is 0 Å². The largest absolute Gasteiger partial charge is 0.492 e. The van der Waals surface area contributed by atoms with E-state index in [0.717, 1.165) is 69.9 Å². The normalized spacial score (nSPS) is 23.5. The molecule has 4 rings (SSSR count). The molecule has 0 radical (unpaired) electrons. The van der Waals surface area contributed by atoms with Crippen LogP contribution in [0.2, 0.25) is 0 Å². The maximum Gasteiger partial charge on any atom is 0.254 e. The number of nitrogens with zero attached hydrogens (tertiary/aromatic N) is 3. The molecule has 0 aliphatic carbocycles. The fourth-order valence-electron chi connectivity index (χ4n) is 4.71. The molecule has 0 spiro atoms. The molecule has 0 N–H and O–H groups in total. The highest BCUT2D eigenvalue weighted by Crippen LogP contribution is 2.27. The molecule has 166 valence electrons. The van der Waals surface area contributed by atoms with Gasteiger partial charge in [0, 0.05) is 51.0 Å². The first-order valence-corrected chi connectivity index (χ1v) is 11.4. The van der Waals surface area contributed by atoms with Gasteiger partial charge >= 0.3 is 0 Å². The molecule has 2 aromatic rings. The van der Waals surface area contributed by atoms with Crippen LogP contribution in [0.5, 0.6) is 5.75 Å². The molecule has 1 fully saturated rings. The molecule has 2 aliphatic rings. The van der Waals surface area contributed by atoms with Crippen LogP contribution in [0.3, 0.4) is 0 Å². The van der Waals surface area contributed by atoms with E-state index in [4.69, 9.17) is 9.47 Å². The summed E-state index contributed by atoms with van der Waals surface area (Å²) in [4.78, 5) is 22.0. The van der Waals surface area contributed by atoms with Crippen molar-refractivity contribution in [2.75, 3.05) is 39.9 Å².